The number of anilines is 1. The number of carbonyl (C=O) groups excluding carboxylic acids is 1. The van der Waals surface area contributed by atoms with Crippen LogP contribution in [0.4, 0.5) is 5.69 Å². The van der Waals surface area contributed by atoms with Crippen LogP contribution in [0.5, 0.6) is 0 Å². The van der Waals surface area contributed by atoms with E-state index in [0.717, 1.165) is 18.7 Å². The van der Waals surface area contributed by atoms with Gasteiger partial charge >= 0.3 is 0 Å². The fourth-order valence-corrected chi connectivity index (χ4v) is 1.84. The largest absolute Gasteiger partial charge is 0.325 e. The Morgan fingerprint density at radius 3 is 2.87 bits per heavy atom. The van der Waals surface area contributed by atoms with E-state index in [1.807, 2.05) is 0 Å². The smallest absolute Gasteiger partial charge is 0.241 e. The van der Waals surface area contributed by atoms with Crippen LogP contribution in [0.1, 0.15) is 13.3 Å². The maximum Gasteiger partial charge on any atom is 0.241 e. The number of rotatable bonds is 2. The van der Waals surface area contributed by atoms with Gasteiger partial charge in [-0.05, 0) is 31.0 Å². The number of hydrogen-bond acceptors (Lipinski definition) is 3. The van der Waals surface area contributed by atoms with Crippen molar-refractivity contribution in [2.45, 2.75) is 19.4 Å². The second-order valence-corrected chi connectivity index (χ2v) is 3.92. The quantitative estimate of drug-likeness (QED) is 0.758. The molecule has 2 rings (SSSR count). The van der Waals surface area contributed by atoms with E-state index in [4.69, 9.17) is 0 Å². The van der Waals surface area contributed by atoms with E-state index in [1.54, 1.807) is 24.5 Å². The first-order valence-corrected chi connectivity index (χ1v) is 5.21. The number of hydrogen-bond donors (Lipinski definition) is 2. The van der Waals surface area contributed by atoms with E-state index >= 15 is 0 Å². The second-order valence-electron chi connectivity index (χ2n) is 3.92. The van der Waals surface area contributed by atoms with Crippen molar-refractivity contribution in [1.82, 2.24) is 10.3 Å². The fourth-order valence-electron chi connectivity index (χ4n) is 1.84. The van der Waals surface area contributed by atoms with Crippen molar-refractivity contribution in [2.75, 3.05) is 11.9 Å². The number of nitrogens with one attached hydrogen (secondary N) is 2. The topological polar surface area (TPSA) is 54.0 Å². The number of carbonyl (C=O) groups is 1. The minimum atomic E-state index is -0.0573. The van der Waals surface area contributed by atoms with Gasteiger partial charge in [0.2, 0.25) is 5.91 Å². The molecule has 1 aromatic rings. The van der Waals surface area contributed by atoms with Gasteiger partial charge in [-0.2, -0.15) is 0 Å². The van der Waals surface area contributed by atoms with E-state index in [0.29, 0.717) is 5.92 Å². The second kappa shape index (κ2) is 4.40. The molecule has 4 nitrogen and oxygen atoms in total. The molecule has 1 aliphatic heterocycles. The van der Waals surface area contributed by atoms with Gasteiger partial charge < -0.3 is 10.6 Å². The van der Waals surface area contributed by atoms with Crippen LogP contribution in [-0.2, 0) is 4.79 Å². The van der Waals surface area contributed by atoms with Crippen molar-refractivity contribution in [1.29, 1.82) is 0 Å². The molecular formula is C11H15N3O. The Bertz CT molecular complexity index is 339. The molecule has 4 heteroatoms. The molecule has 1 saturated heterocycles. The first-order chi connectivity index (χ1) is 7.27. The van der Waals surface area contributed by atoms with Gasteiger partial charge in [0, 0.05) is 18.1 Å². The lowest BCUT2D eigenvalue weighted by atomic mass is 10.0. The molecule has 15 heavy (non-hydrogen) atoms. The summed E-state index contributed by atoms with van der Waals surface area (Å²) in [5.41, 5.74) is 0.802. The number of amides is 1. The van der Waals surface area contributed by atoms with Crippen molar-refractivity contribution < 1.29 is 4.79 Å². The van der Waals surface area contributed by atoms with Crippen LogP contribution in [0.2, 0.25) is 0 Å². The molecule has 0 bridgehead atoms. The first kappa shape index (κ1) is 10.1. The van der Waals surface area contributed by atoms with Gasteiger partial charge in [-0.3, -0.25) is 9.78 Å². The SMILES string of the molecule is CC1CCNC1C(=O)Nc1ccncc1. The van der Waals surface area contributed by atoms with Crippen LogP contribution in [0, 0.1) is 5.92 Å². The zero-order valence-electron chi connectivity index (χ0n) is 8.73. The molecule has 80 valence electrons. The van der Waals surface area contributed by atoms with E-state index < -0.39 is 0 Å². The Balaban J connectivity index is 1.98. The third-order valence-electron chi connectivity index (χ3n) is 2.76. The summed E-state index contributed by atoms with van der Waals surface area (Å²) in [6.07, 6.45) is 4.40. The third kappa shape index (κ3) is 2.33. The van der Waals surface area contributed by atoms with Crippen molar-refractivity contribution in [2.24, 2.45) is 5.92 Å². The van der Waals surface area contributed by atoms with Crippen LogP contribution < -0.4 is 10.6 Å². The lowest BCUT2D eigenvalue weighted by Gasteiger charge is -2.15. The molecule has 0 aromatic carbocycles. The van der Waals surface area contributed by atoms with Crippen molar-refractivity contribution in [3.05, 3.63) is 24.5 Å². The van der Waals surface area contributed by atoms with Gasteiger partial charge in [0.05, 0.1) is 6.04 Å². The Kier molecular flexibility index (Phi) is 2.97. The average molecular weight is 205 g/mol. The molecule has 0 radical (unpaired) electrons. The molecule has 0 saturated carbocycles. The van der Waals surface area contributed by atoms with E-state index in [-0.39, 0.29) is 11.9 Å². The number of pyridine rings is 1. The predicted octanol–water partition coefficient (Wildman–Crippen LogP) is 1.02. The van der Waals surface area contributed by atoms with Gasteiger partial charge in [-0.1, -0.05) is 6.92 Å². The van der Waals surface area contributed by atoms with Crippen LogP contribution in [-0.4, -0.2) is 23.5 Å². The van der Waals surface area contributed by atoms with Gasteiger partial charge in [-0.15, -0.1) is 0 Å². The molecular weight excluding hydrogens is 190 g/mol. The molecule has 2 unspecified atom stereocenters. The van der Waals surface area contributed by atoms with Gasteiger partial charge in [0.1, 0.15) is 0 Å². The molecule has 0 spiro atoms. The molecule has 2 N–H and O–H groups in total. The zero-order valence-corrected chi connectivity index (χ0v) is 8.73. The Morgan fingerprint density at radius 2 is 2.27 bits per heavy atom. The summed E-state index contributed by atoms with van der Waals surface area (Å²) in [6.45, 7) is 3.02. The maximum absolute atomic E-state index is 11.8. The molecule has 2 heterocycles. The van der Waals surface area contributed by atoms with Crippen molar-refractivity contribution in [3.63, 3.8) is 0 Å². The third-order valence-corrected chi connectivity index (χ3v) is 2.76. The minimum Gasteiger partial charge on any atom is -0.325 e. The average Bonchev–Trinajstić information content (AvgIpc) is 2.66. The Labute approximate surface area is 89.1 Å². The molecule has 2 atom stereocenters. The van der Waals surface area contributed by atoms with Crippen molar-refractivity contribution >= 4 is 11.6 Å². The molecule has 1 aromatic heterocycles. The van der Waals surface area contributed by atoms with Crippen LogP contribution >= 0.6 is 0 Å². The highest BCUT2D eigenvalue weighted by atomic mass is 16.2. The highest BCUT2D eigenvalue weighted by Gasteiger charge is 2.28. The summed E-state index contributed by atoms with van der Waals surface area (Å²) in [6, 6.07) is 3.52. The summed E-state index contributed by atoms with van der Waals surface area (Å²) in [5.74, 6) is 0.457. The number of aromatic nitrogens is 1. The predicted molar refractivity (Wildman–Crippen MR) is 58.4 cm³/mol. The first-order valence-electron chi connectivity index (χ1n) is 5.21. The normalized spacial score (nSPS) is 25.1. The standard InChI is InChI=1S/C11H15N3O/c1-8-2-7-13-10(8)11(15)14-9-3-5-12-6-4-9/h3-6,8,10,13H,2,7H2,1H3,(H,12,14,15). The maximum atomic E-state index is 11.8. The molecule has 1 fully saturated rings. The van der Waals surface area contributed by atoms with Gasteiger partial charge in [0.15, 0.2) is 0 Å². The Hall–Kier alpha value is -1.42. The lowest BCUT2D eigenvalue weighted by Crippen LogP contribution is -2.39. The lowest BCUT2D eigenvalue weighted by molar-refractivity contribution is -0.118. The zero-order chi connectivity index (χ0) is 10.7. The highest BCUT2D eigenvalue weighted by molar-refractivity contribution is 5.95. The Morgan fingerprint density at radius 1 is 1.53 bits per heavy atom. The summed E-state index contributed by atoms with van der Waals surface area (Å²) in [7, 11) is 0. The highest BCUT2D eigenvalue weighted by Crippen LogP contribution is 2.16. The van der Waals surface area contributed by atoms with Crippen molar-refractivity contribution in [3.8, 4) is 0 Å². The molecule has 0 aliphatic carbocycles. The summed E-state index contributed by atoms with van der Waals surface area (Å²) >= 11 is 0. The van der Waals surface area contributed by atoms with Crippen LogP contribution in [0.3, 0.4) is 0 Å². The fraction of sp³-hybridized carbons (Fsp3) is 0.455. The van der Waals surface area contributed by atoms with E-state index in [9.17, 15) is 4.79 Å². The number of nitrogens with zero attached hydrogens (tertiary/aromatic N) is 1. The van der Waals surface area contributed by atoms with E-state index in [2.05, 4.69) is 22.5 Å². The van der Waals surface area contributed by atoms with E-state index in [1.165, 1.54) is 0 Å². The summed E-state index contributed by atoms with van der Waals surface area (Å²) < 4.78 is 0. The van der Waals surface area contributed by atoms with Crippen LogP contribution in [0.15, 0.2) is 24.5 Å². The van der Waals surface area contributed by atoms with Gasteiger partial charge in [-0.25, -0.2) is 0 Å². The monoisotopic (exact) mass is 205 g/mol. The summed E-state index contributed by atoms with van der Waals surface area (Å²) in [4.78, 5) is 15.7. The van der Waals surface area contributed by atoms with Crippen LogP contribution in [0.25, 0.3) is 0 Å². The molecule has 1 aliphatic rings. The summed E-state index contributed by atoms with van der Waals surface area (Å²) in [5, 5.41) is 6.07. The minimum absolute atomic E-state index is 0.0474. The van der Waals surface area contributed by atoms with Gasteiger partial charge in [0.25, 0.3) is 0 Å². The molecule has 1 amide bonds.